The first kappa shape index (κ1) is 17.3. The largest absolute Gasteiger partial charge is 0.393 e. The fourth-order valence-corrected chi connectivity index (χ4v) is 4.31. The van der Waals surface area contributed by atoms with E-state index in [0.717, 1.165) is 18.4 Å². The summed E-state index contributed by atoms with van der Waals surface area (Å²) in [4.78, 5) is 14.6. The van der Waals surface area contributed by atoms with Gasteiger partial charge in [0, 0.05) is 39.2 Å². The van der Waals surface area contributed by atoms with Gasteiger partial charge in [-0.3, -0.25) is 4.79 Å². The van der Waals surface area contributed by atoms with Gasteiger partial charge in [-0.25, -0.2) is 0 Å². The van der Waals surface area contributed by atoms with E-state index in [1.54, 1.807) is 0 Å². The maximum atomic E-state index is 12.7. The van der Waals surface area contributed by atoms with Crippen molar-refractivity contribution in [2.24, 2.45) is 7.05 Å². The van der Waals surface area contributed by atoms with Crippen molar-refractivity contribution in [1.29, 1.82) is 0 Å². The number of amides is 1. The third-order valence-electron chi connectivity index (χ3n) is 5.78. The minimum atomic E-state index is -0.357. The number of hydrogen-bond acceptors (Lipinski definition) is 3. The van der Waals surface area contributed by atoms with Gasteiger partial charge in [0.25, 0.3) is 5.91 Å². The SMILES string of the molecule is Cn1cccc1C(=O)N1CCC2(CC1)C[C@@H](O)C[C@H](c1ccccc1)O2. The fraction of sp³-hybridized carbons (Fsp3) is 0.476. The first-order valence-electron chi connectivity index (χ1n) is 9.38. The minimum absolute atomic E-state index is 0.0725. The summed E-state index contributed by atoms with van der Waals surface area (Å²) in [7, 11) is 1.89. The molecule has 1 aromatic heterocycles. The van der Waals surface area contributed by atoms with E-state index in [0.29, 0.717) is 31.6 Å². The number of carbonyl (C=O) groups is 1. The van der Waals surface area contributed by atoms with E-state index >= 15 is 0 Å². The molecule has 0 saturated carbocycles. The monoisotopic (exact) mass is 354 g/mol. The molecule has 1 N–H and O–H groups in total. The Morgan fingerprint density at radius 2 is 1.88 bits per heavy atom. The maximum absolute atomic E-state index is 12.7. The van der Waals surface area contributed by atoms with Crippen molar-refractivity contribution < 1.29 is 14.6 Å². The van der Waals surface area contributed by atoms with Gasteiger partial charge in [0.1, 0.15) is 5.69 Å². The number of rotatable bonds is 2. The minimum Gasteiger partial charge on any atom is -0.393 e. The quantitative estimate of drug-likeness (QED) is 0.902. The van der Waals surface area contributed by atoms with Crippen LogP contribution in [0.25, 0.3) is 0 Å². The van der Waals surface area contributed by atoms with Crippen LogP contribution in [0.2, 0.25) is 0 Å². The van der Waals surface area contributed by atoms with Crippen LogP contribution in [0.4, 0.5) is 0 Å². The topological polar surface area (TPSA) is 54.7 Å². The van der Waals surface area contributed by atoms with E-state index in [1.807, 2.05) is 53.0 Å². The van der Waals surface area contributed by atoms with Crippen LogP contribution >= 0.6 is 0 Å². The Hall–Kier alpha value is -2.11. The molecular weight excluding hydrogens is 328 g/mol. The number of piperidine rings is 1. The van der Waals surface area contributed by atoms with Crippen LogP contribution in [0.5, 0.6) is 0 Å². The first-order chi connectivity index (χ1) is 12.6. The Kier molecular flexibility index (Phi) is 4.59. The van der Waals surface area contributed by atoms with E-state index in [9.17, 15) is 9.90 Å². The predicted octanol–water partition coefficient (Wildman–Crippen LogP) is 2.91. The highest BCUT2D eigenvalue weighted by molar-refractivity contribution is 5.92. The molecule has 2 atom stereocenters. The van der Waals surface area contributed by atoms with E-state index in [1.165, 1.54) is 0 Å². The normalized spacial score (nSPS) is 25.4. The van der Waals surface area contributed by atoms with Crippen molar-refractivity contribution >= 4 is 5.91 Å². The Labute approximate surface area is 154 Å². The molecule has 26 heavy (non-hydrogen) atoms. The summed E-state index contributed by atoms with van der Waals surface area (Å²) < 4.78 is 8.37. The Balaban J connectivity index is 1.45. The van der Waals surface area contributed by atoms with Gasteiger partial charge in [-0.2, -0.15) is 0 Å². The van der Waals surface area contributed by atoms with Crippen molar-refractivity contribution in [3.05, 3.63) is 59.9 Å². The molecule has 0 radical (unpaired) electrons. The van der Waals surface area contributed by atoms with Crippen LogP contribution in [0.15, 0.2) is 48.7 Å². The van der Waals surface area contributed by atoms with Crippen LogP contribution in [-0.2, 0) is 11.8 Å². The number of nitrogens with zero attached hydrogens (tertiary/aromatic N) is 2. The van der Waals surface area contributed by atoms with Crippen LogP contribution in [0.3, 0.4) is 0 Å². The van der Waals surface area contributed by atoms with E-state index in [4.69, 9.17) is 4.74 Å². The average Bonchev–Trinajstić information content (AvgIpc) is 3.08. The molecule has 4 rings (SSSR count). The number of aliphatic hydroxyl groups is 1. The number of hydrogen-bond donors (Lipinski definition) is 1. The lowest BCUT2D eigenvalue weighted by molar-refractivity contribution is -0.181. The van der Waals surface area contributed by atoms with Gasteiger partial charge in [-0.15, -0.1) is 0 Å². The fourth-order valence-electron chi connectivity index (χ4n) is 4.31. The molecular formula is C21H26N2O3. The number of ether oxygens (including phenoxy) is 1. The molecule has 1 spiro atoms. The Morgan fingerprint density at radius 1 is 1.15 bits per heavy atom. The van der Waals surface area contributed by atoms with Crippen LogP contribution in [0, 0.1) is 0 Å². The van der Waals surface area contributed by atoms with Crippen LogP contribution < -0.4 is 0 Å². The highest BCUT2D eigenvalue weighted by atomic mass is 16.5. The van der Waals surface area contributed by atoms with Gasteiger partial charge in [0.05, 0.1) is 17.8 Å². The number of carbonyl (C=O) groups excluding carboxylic acids is 1. The predicted molar refractivity (Wildman–Crippen MR) is 98.8 cm³/mol. The molecule has 1 amide bonds. The lowest BCUT2D eigenvalue weighted by atomic mass is 9.81. The number of likely N-dealkylation sites (tertiary alicyclic amines) is 1. The molecule has 5 heteroatoms. The van der Waals surface area contributed by atoms with E-state index < -0.39 is 0 Å². The highest BCUT2D eigenvalue weighted by Crippen LogP contribution is 2.43. The molecule has 1 aromatic carbocycles. The van der Waals surface area contributed by atoms with Gasteiger partial charge in [-0.05, 0) is 30.5 Å². The van der Waals surface area contributed by atoms with Gasteiger partial charge in [-0.1, -0.05) is 30.3 Å². The van der Waals surface area contributed by atoms with Gasteiger partial charge in [0.2, 0.25) is 0 Å². The summed E-state index contributed by atoms with van der Waals surface area (Å²) in [6.45, 7) is 1.33. The molecule has 2 aliphatic rings. The zero-order chi connectivity index (χ0) is 18.1. The van der Waals surface area contributed by atoms with Crippen molar-refractivity contribution in [1.82, 2.24) is 9.47 Å². The lowest BCUT2D eigenvalue weighted by Gasteiger charge is -2.48. The second kappa shape index (κ2) is 6.89. The Morgan fingerprint density at radius 3 is 2.54 bits per heavy atom. The second-order valence-electron chi connectivity index (χ2n) is 7.59. The summed E-state index contributed by atoms with van der Waals surface area (Å²) in [5, 5.41) is 10.5. The molecule has 138 valence electrons. The van der Waals surface area contributed by atoms with Gasteiger partial charge >= 0.3 is 0 Å². The van der Waals surface area contributed by atoms with Crippen LogP contribution in [0.1, 0.15) is 47.8 Å². The molecule has 3 heterocycles. The molecule has 0 bridgehead atoms. The summed E-state index contributed by atoms with van der Waals surface area (Å²) >= 11 is 0. The van der Waals surface area contributed by atoms with Gasteiger partial charge < -0.3 is 19.3 Å². The zero-order valence-electron chi connectivity index (χ0n) is 15.2. The van der Waals surface area contributed by atoms with Crippen LogP contribution in [-0.4, -0.2) is 45.3 Å². The van der Waals surface area contributed by atoms with E-state index in [2.05, 4.69) is 12.1 Å². The molecule has 2 fully saturated rings. The molecule has 2 aromatic rings. The number of aliphatic hydroxyl groups excluding tert-OH is 1. The summed E-state index contributed by atoms with van der Waals surface area (Å²) in [5.41, 5.74) is 1.50. The summed E-state index contributed by atoms with van der Waals surface area (Å²) in [6, 6.07) is 13.9. The zero-order valence-corrected chi connectivity index (χ0v) is 15.2. The third-order valence-corrected chi connectivity index (χ3v) is 5.78. The van der Waals surface area contributed by atoms with Crippen molar-refractivity contribution in [2.45, 2.75) is 43.5 Å². The van der Waals surface area contributed by atoms with Gasteiger partial charge in [0.15, 0.2) is 0 Å². The maximum Gasteiger partial charge on any atom is 0.270 e. The summed E-state index contributed by atoms with van der Waals surface area (Å²) in [6.07, 6.45) is 4.29. The smallest absolute Gasteiger partial charge is 0.270 e. The molecule has 0 aliphatic carbocycles. The standard InChI is InChI=1S/C21H26N2O3/c1-22-11-5-8-18(22)20(25)23-12-9-21(10-13-23)15-17(24)14-19(26-21)16-6-3-2-4-7-16/h2-8,11,17,19,24H,9-10,12-15H2,1H3/t17-,19+/m0/s1. The van der Waals surface area contributed by atoms with Crippen molar-refractivity contribution in [3.8, 4) is 0 Å². The number of benzene rings is 1. The van der Waals surface area contributed by atoms with Crippen molar-refractivity contribution in [2.75, 3.05) is 13.1 Å². The average molecular weight is 354 g/mol. The first-order valence-corrected chi connectivity index (χ1v) is 9.38. The van der Waals surface area contributed by atoms with E-state index in [-0.39, 0.29) is 23.7 Å². The third kappa shape index (κ3) is 3.29. The van der Waals surface area contributed by atoms with Crippen molar-refractivity contribution in [3.63, 3.8) is 0 Å². The molecule has 5 nitrogen and oxygen atoms in total. The molecule has 2 aliphatic heterocycles. The molecule has 2 saturated heterocycles. The Bertz CT molecular complexity index is 763. The number of aryl methyl sites for hydroxylation is 1. The lowest BCUT2D eigenvalue weighted by Crippen LogP contribution is -2.52. The number of aromatic nitrogens is 1. The highest BCUT2D eigenvalue weighted by Gasteiger charge is 2.44. The molecule has 0 unspecified atom stereocenters. The second-order valence-corrected chi connectivity index (χ2v) is 7.59. The summed E-state index contributed by atoms with van der Waals surface area (Å²) in [5.74, 6) is 0.0725.